The summed E-state index contributed by atoms with van der Waals surface area (Å²) in [6.45, 7) is 2.79. The number of hydrogen-bond acceptors (Lipinski definition) is 1. The van der Waals surface area contributed by atoms with Gasteiger partial charge in [-0.3, -0.25) is 4.79 Å². The van der Waals surface area contributed by atoms with Gasteiger partial charge in [0.15, 0.2) is 0 Å². The Hall–Kier alpha value is -0.530. The zero-order valence-electron chi connectivity index (χ0n) is 6.52. The van der Waals surface area contributed by atoms with Gasteiger partial charge in [0, 0.05) is 13.0 Å². The van der Waals surface area contributed by atoms with Crippen molar-refractivity contribution in [1.29, 1.82) is 0 Å². The summed E-state index contributed by atoms with van der Waals surface area (Å²) in [5, 5.41) is 2.90. The van der Waals surface area contributed by atoms with Gasteiger partial charge in [-0.2, -0.15) is 0 Å². The van der Waals surface area contributed by atoms with Crippen LogP contribution >= 0.6 is 0 Å². The van der Waals surface area contributed by atoms with Crippen LogP contribution in [0.4, 0.5) is 0 Å². The van der Waals surface area contributed by atoms with Crippen molar-refractivity contribution in [3.05, 3.63) is 0 Å². The summed E-state index contributed by atoms with van der Waals surface area (Å²) >= 11 is 0. The van der Waals surface area contributed by atoms with E-state index in [-0.39, 0.29) is 5.91 Å². The Bertz CT molecular complexity index is 118. The van der Waals surface area contributed by atoms with E-state index in [4.69, 9.17) is 0 Å². The molecular formula is C8H15NO. The monoisotopic (exact) mass is 141 g/mol. The third-order valence-corrected chi connectivity index (χ3v) is 2.13. The van der Waals surface area contributed by atoms with Gasteiger partial charge >= 0.3 is 0 Å². The number of rotatable bonds is 3. The average Bonchev–Trinajstić information content (AvgIpc) is 1.84. The Kier molecular flexibility index (Phi) is 2.72. The molecule has 0 unspecified atom stereocenters. The minimum Gasteiger partial charge on any atom is -0.356 e. The highest BCUT2D eigenvalue weighted by molar-refractivity contribution is 5.75. The number of carbonyl (C=O) groups is 1. The number of amides is 1. The number of nitrogens with one attached hydrogen (secondary N) is 1. The Morgan fingerprint density at radius 1 is 1.60 bits per heavy atom. The summed E-state index contributed by atoms with van der Waals surface area (Å²) in [4.78, 5) is 10.7. The lowest BCUT2D eigenvalue weighted by Crippen LogP contribution is -2.31. The molecule has 0 aromatic carbocycles. The zero-order chi connectivity index (χ0) is 7.40. The van der Waals surface area contributed by atoms with Gasteiger partial charge in [-0.25, -0.2) is 0 Å². The van der Waals surface area contributed by atoms with Crippen LogP contribution in [0.15, 0.2) is 0 Å². The van der Waals surface area contributed by atoms with E-state index >= 15 is 0 Å². The van der Waals surface area contributed by atoms with Crippen molar-refractivity contribution in [3.8, 4) is 0 Å². The average molecular weight is 141 g/mol. The Morgan fingerprint density at radius 3 is 2.70 bits per heavy atom. The van der Waals surface area contributed by atoms with E-state index < -0.39 is 0 Å². The molecule has 1 amide bonds. The predicted molar refractivity (Wildman–Crippen MR) is 40.6 cm³/mol. The second kappa shape index (κ2) is 3.59. The largest absolute Gasteiger partial charge is 0.356 e. The molecule has 0 bridgehead atoms. The first-order chi connectivity index (χ1) is 4.83. The normalized spacial score (nSPS) is 18.1. The highest BCUT2D eigenvalue weighted by Crippen LogP contribution is 2.24. The second-order valence-electron chi connectivity index (χ2n) is 2.95. The molecule has 2 heteroatoms. The highest BCUT2D eigenvalue weighted by atomic mass is 16.1. The van der Waals surface area contributed by atoms with Crippen molar-refractivity contribution < 1.29 is 4.79 Å². The molecule has 0 spiro atoms. The molecule has 1 N–H and O–H groups in total. The molecular weight excluding hydrogens is 126 g/mol. The molecule has 1 rings (SSSR count). The summed E-state index contributed by atoms with van der Waals surface area (Å²) in [6.07, 6.45) is 4.59. The van der Waals surface area contributed by atoms with Crippen molar-refractivity contribution in [2.24, 2.45) is 5.92 Å². The maximum atomic E-state index is 10.7. The maximum absolute atomic E-state index is 10.7. The van der Waals surface area contributed by atoms with Crippen molar-refractivity contribution in [2.45, 2.75) is 32.6 Å². The van der Waals surface area contributed by atoms with Gasteiger partial charge in [-0.05, 0) is 18.8 Å². The van der Waals surface area contributed by atoms with Gasteiger partial charge in [0.05, 0.1) is 0 Å². The van der Waals surface area contributed by atoms with Gasteiger partial charge < -0.3 is 5.32 Å². The summed E-state index contributed by atoms with van der Waals surface area (Å²) in [5.74, 6) is 0.974. The molecule has 1 fully saturated rings. The molecule has 0 aromatic rings. The summed E-state index contributed by atoms with van der Waals surface area (Å²) < 4.78 is 0. The molecule has 0 aromatic heterocycles. The van der Waals surface area contributed by atoms with Crippen LogP contribution in [0.1, 0.15) is 32.6 Å². The molecule has 0 atom stereocenters. The third-order valence-electron chi connectivity index (χ3n) is 2.13. The molecule has 1 saturated carbocycles. The molecule has 0 radical (unpaired) electrons. The first-order valence-corrected chi connectivity index (χ1v) is 4.09. The topological polar surface area (TPSA) is 29.1 Å². The van der Waals surface area contributed by atoms with E-state index in [9.17, 15) is 4.79 Å². The van der Waals surface area contributed by atoms with Crippen LogP contribution in [0.5, 0.6) is 0 Å². The van der Waals surface area contributed by atoms with Crippen LogP contribution in [0.25, 0.3) is 0 Å². The van der Waals surface area contributed by atoms with Crippen LogP contribution in [0, 0.1) is 5.92 Å². The summed E-state index contributed by atoms with van der Waals surface area (Å²) in [6, 6.07) is 0. The lowest BCUT2D eigenvalue weighted by atomic mass is 9.85. The summed E-state index contributed by atoms with van der Waals surface area (Å²) in [7, 11) is 0. The molecule has 2 nitrogen and oxygen atoms in total. The first kappa shape index (κ1) is 7.58. The molecule has 0 aliphatic heterocycles. The lowest BCUT2D eigenvalue weighted by Gasteiger charge is -2.25. The second-order valence-corrected chi connectivity index (χ2v) is 2.95. The molecule has 1 aliphatic carbocycles. The summed E-state index contributed by atoms with van der Waals surface area (Å²) in [5.41, 5.74) is 0. The lowest BCUT2D eigenvalue weighted by molar-refractivity contribution is -0.121. The van der Waals surface area contributed by atoms with Crippen molar-refractivity contribution in [1.82, 2.24) is 5.32 Å². The molecule has 10 heavy (non-hydrogen) atoms. The minimum absolute atomic E-state index is 0.187. The van der Waals surface area contributed by atoms with E-state index in [1.165, 1.54) is 19.3 Å². The SMILES string of the molecule is CCC(=O)NCC1CCC1. The van der Waals surface area contributed by atoms with Crippen LogP contribution in [0.3, 0.4) is 0 Å². The van der Waals surface area contributed by atoms with Crippen molar-refractivity contribution in [3.63, 3.8) is 0 Å². The van der Waals surface area contributed by atoms with Crippen molar-refractivity contribution in [2.75, 3.05) is 6.54 Å². The van der Waals surface area contributed by atoms with Crippen LogP contribution in [0.2, 0.25) is 0 Å². The predicted octanol–water partition coefficient (Wildman–Crippen LogP) is 1.31. The Morgan fingerprint density at radius 2 is 2.30 bits per heavy atom. The highest BCUT2D eigenvalue weighted by Gasteiger charge is 2.16. The third kappa shape index (κ3) is 2.01. The van der Waals surface area contributed by atoms with Crippen LogP contribution < -0.4 is 5.32 Å². The van der Waals surface area contributed by atoms with Crippen LogP contribution in [-0.4, -0.2) is 12.5 Å². The quantitative estimate of drug-likeness (QED) is 0.631. The van der Waals surface area contributed by atoms with E-state index in [0.29, 0.717) is 6.42 Å². The fraction of sp³-hybridized carbons (Fsp3) is 0.875. The Labute approximate surface area is 62.0 Å². The van der Waals surface area contributed by atoms with Gasteiger partial charge in [-0.15, -0.1) is 0 Å². The first-order valence-electron chi connectivity index (χ1n) is 4.09. The van der Waals surface area contributed by atoms with E-state index in [0.717, 1.165) is 12.5 Å². The number of carbonyl (C=O) groups excluding carboxylic acids is 1. The fourth-order valence-electron chi connectivity index (χ4n) is 1.08. The van der Waals surface area contributed by atoms with Gasteiger partial charge in [0.25, 0.3) is 0 Å². The van der Waals surface area contributed by atoms with E-state index in [1.807, 2.05) is 6.92 Å². The zero-order valence-corrected chi connectivity index (χ0v) is 6.52. The van der Waals surface area contributed by atoms with E-state index in [1.54, 1.807) is 0 Å². The number of hydrogen-bond donors (Lipinski definition) is 1. The molecule has 58 valence electrons. The van der Waals surface area contributed by atoms with Crippen molar-refractivity contribution >= 4 is 5.91 Å². The standard InChI is InChI=1S/C8H15NO/c1-2-8(10)9-6-7-4-3-5-7/h7H,2-6H2,1H3,(H,9,10). The van der Waals surface area contributed by atoms with Gasteiger partial charge in [-0.1, -0.05) is 13.3 Å². The molecule has 0 saturated heterocycles. The van der Waals surface area contributed by atoms with Gasteiger partial charge in [0.1, 0.15) is 0 Å². The maximum Gasteiger partial charge on any atom is 0.219 e. The molecule has 0 heterocycles. The van der Waals surface area contributed by atoms with E-state index in [2.05, 4.69) is 5.32 Å². The smallest absolute Gasteiger partial charge is 0.219 e. The molecule has 1 aliphatic rings. The van der Waals surface area contributed by atoms with Crippen LogP contribution in [-0.2, 0) is 4.79 Å². The Balaban J connectivity index is 1.98. The van der Waals surface area contributed by atoms with Gasteiger partial charge in [0.2, 0.25) is 5.91 Å². The minimum atomic E-state index is 0.187. The fourth-order valence-corrected chi connectivity index (χ4v) is 1.08.